The molecule has 1 aromatic carbocycles. The lowest BCUT2D eigenvalue weighted by atomic mass is 10.2. The van der Waals surface area contributed by atoms with Gasteiger partial charge in [0.05, 0.1) is 12.2 Å². The minimum atomic E-state index is -4.43. The van der Waals surface area contributed by atoms with Crippen LogP contribution >= 0.6 is 0 Å². The molecule has 25 heavy (non-hydrogen) atoms. The molecule has 0 saturated heterocycles. The molecule has 136 valence electrons. The number of esters is 1. The van der Waals surface area contributed by atoms with Crippen molar-refractivity contribution in [1.82, 2.24) is 5.32 Å². The molecule has 5 nitrogen and oxygen atoms in total. The molecule has 0 spiro atoms. The quantitative estimate of drug-likeness (QED) is 0.321. The number of rotatable bonds is 8. The number of alkyl halides is 3. The van der Waals surface area contributed by atoms with Crippen LogP contribution in [0.4, 0.5) is 18.9 Å². The van der Waals surface area contributed by atoms with Crippen LogP contribution in [0.3, 0.4) is 0 Å². The SMILES string of the molecule is CCCCN/C(Nc1ccc(C(F)(F)F)cc1)=C(\C#N)C(=O)OCC. The molecular weight excluding hydrogens is 335 g/mol. The van der Waals surface area contributed by atoms with Gasteiger partial charge in [-0.2, -0.15) is 18.4 Å². The van der Waals surface area contributed by atoms with Crippen molar-refractivity contribution in [2.45, 2.75) is 32.9 Å². The minimum Gasteiger partial charge on any atom is -0.462 e. The van der Waals surface area contributed by atoms with E-state index in [1.54, 1.807) is 13.0 Å². The van der Waals surface area contributed by atoms with E-state index in [4.69, 9.17) is 4.74 Å². The number of nitriles is 1. The van der Waals surface area contributed by atoms with Gasteiger partial charge in [-0.15, -0.1) is 0 Å². The molecule has 0 aliphatic carbocycles. The molecule has 0 radical (unpaired) electrons. The summed E-state index contributed by atoms with van der Waals surface area (Å²) >= 11 is 0. The molecular formula is C17H20F3N3O2. The molecule has 0 atom stereocenters. The van der Waals surface area contributed by atoms with E-state index in [0.29, 0.717) is 12.2 Å². The normalized spacial score (nSPS) is 12.0. The zero-order valence-corrected chi connectivity index (χ0v) is 14.0. The Hall–Kier alpha value is -2.69. The molecule has 0 bridgehead atoms. The molecule has 1 rings (SSSR count). The molecule has 0 heterocycles. The van der Waals surface area contributed by atoms with Crippen molar-refractivity contribution < 1.29 is 22.7 Å². The van der Waals surface area contributed by atoms with E-state index < -0.39 is 17.7 Å². The lowest BCUT2D eigenvalue weighted by Gasteiger charge is -2.16. The first-order chi connectivity index (χ1) is 11.8. The second-order valence-corrected chi connectivity index (χ2v) is 5.06. The number of carbonyl (C=O) groups is 1. The number of hydrogen-bond donors (Lipinski definition) is 2. The van der Waals surface area contributed by atoms with Gasteiger partial charge in [-0.3, -0.25) is 0 Å². The predicted octanol–water partition coefficient (Wildman–Crippen LogP) is 3.81. The maximum absolute atomic E-state index is 12.6. The fourth-order valence-electron chi connectivity index (χ4n) is 1.88. The van der Waals surface area contributed by atoms with Crippen LogP contribution < -0.4 is 10.6 Å². The monoisotopic (exact) mass is 355 g/mol. The summed E-state index contributed by atoms with van der Waals surface area (Å²) in [6, 6.07) is 6.06. The third-order valence-electron chi connectivity index (χ3n) is 3.16. The summed E-state index contributed by atoms with van der Waals surface area (Å²) in [5.74, 6) is -0.697. The van der Waals surface area contributed by atoms with E-state index in [-0.39, 0.29) is 18.0 Å². The Balaban J connectivity index is 3.07. The first kappa shape index (κ1) is 20.4. The van der Waals surface area contributed by atoms with Gasteiger partial charge in [0, 0.05) is 12.2 Å². The third kappa shape index (κ3) is 6.37. The van der Waals surface area contributed by atoms with E-state index in [1.807, 2.05) is 6.92 Å². The van der Waals surface area contributed by atoms with Crippen LogP contribution in [0.25, 0.3) is 0 Å². The van der Waals surface area contributed by atoms with Crippen molar-refractivity contribution in [2.75, 3.05) is 18.5 Å². The number of anilines is 1. The van der Waals surface area contributed by atoms with Gasteiger partial charge in [0.15, 0.2) is 5.57 Å². The van der Waals surface area contributed by atoms with Gasteiger partial charge in [0.1, 0.15) is 11.9 Å². The third-order valence-corrected chi connectivity index (χ3v) is 3.16. The van der Waals surface area contributed by atoms with Gasteiger partial charge in [0.25, 0.3) is 0 Å². The van der Waals surface area contributed by atoms with Gasteiger partial charge in [-0.25, -0.2) is 4.79 Å². The topological polar surface area (TPSA) is 74.1 Å². The van der Waals surface area contributed by atoms with Crippen LogP contribution in [-0.2, 0) is 15.7 Å². The number of unbranched alkanes of at least 4 members (excludes halogenated alkanes) is 1. The molecule has 0 unspecified atom stereocenters. The Bertz CT molecular complexity index is 647. The second-order valence-electron chi connectivity index (χ2n) is 5.06. The first-order valence-electron chi connectivity index (χ1n) is 7.83. The highest BCUT2D eigenvalue weighted by molar-refractivity contribution is 5.94. The highest BCUT2D eigenvalue weighted by Crippen LogP contribution is 2.30. The van der Waals surface area contributed by atoms with Gasteiger partial charge >= 0.3 is 12.1 Å². The van der Waals surface area contributed by atoms with E-state index >= 15 is 0 Å². The van der Waals surface area contributed by atoms with E-state index in [0.717, 1.165) is 25.0 Å². The summed E-state index contributed by atoms with van der Waals surface area (Å²) in [6.45, 7) is 4.18. The molecule has 0 aromatic heterocycles. The van der Waals surface area contributed by atoms with Crippen LogP contribution in [0.15, 0.2) is 35.7 Å². The average Bonchev–Trinajstić information content (AvgIpc) is 2.55. The molecule has 0 fully saturated rings. The number of nitrogens with zero attached hydrogens (tertiary/aromatic N) is 1. The molecule has 0 aliphatic rings. The van der Waals surface area contributed by atoms with Crippen molar-refractivity contribution in [3.63, 3.8) is 0 Å². The van der Waals surface area contributed by atoms with Crippen LogP contribution in [0, 0.1) is 11.3 Å². The summed E-state index contributed by atoms with van der Waals surface area (Å²) in [5, 5.41) is 15.0. The number of hydrogen-bond acceptors (Lipinski definition) is 5. The van der Waals surface area contributed by atoms with Gasteiger partial charge < -0.3 is 15.4 Å². The fourth-order valence-corrected chi connectivity index (χ4v) is 1.88. The van der Waals surface area contributed by atoms with E-state index in [9.17, 15) is 23.2 Å². The number of carbonyl (C=O) groups excluding carboxylic acids is 1. The number of nitrogens with one attached hydrogen (secondary N) is 2. The first-order valence-corrected chi connectivity index (χ1v) is 7.83. The average molecular weight is 355 g/mol. The molecule has 0 amide bonds. The van der Waals surface area contributed by atoms with Gasteiger partial charge in [-0.05, 0) is 37.6 Å². The van der Waals surface area contributed by atoms with Crippen LogP contribution in [0.5, 0.6) is 0 Å². The van der Waals surface area contributed by atoms with Crippen molar-refractivity contribution in [3.05, 3.63) is 41.2 Å². The Kier molecular flexibility index (Phi) is 7.79. The zero-order chi connectivity index (χ0) is 18.9. The van der Waals surface area contributed by atoms with Crippen molar-refractivity contribution in [3.8, 4) is 6.07 Å². The maximum atomic E-state index is 12.6. The lowest BCUT2D eigenvalue weighted by Crippen LogP contribution is -2.25. The molecule has 2 N–H and O–H groups in total. The predicted molar refractivity (Wildman–Crippen MR) is 87.2 cm³/mol. The highest BCUT2D eigenvalue weighted by Gasteiger charge is 2.30. The summed E-state index contributed by atoms with van der Waals surface area (Å²) < 4.78 is 42.7. The van der Waals surface area contributed by atoms with Crippen LogP contribution in [0.1, 0.15) is 32.3 Å². The number of ether oxygens (including phenoxy) is 1. The summed E-state index contributed by atoms with van der Waals surface area (Å²) in [7, 11) is 0. The van der Waals surface area contributed by atoms with E-state index in [2.05, 4.69) is 10.6 Å². The van der Waals surface area contributed by atoms with Crippen molar-refractivity contribution in [2.24, 2.45) is 0 Å². The Labute approximate surface area is 144 Å². The van der Waals surface area contributed by atoms with Gasteiger partial charge in [-0.1, -0.05) is 13.3 Å². The Morgan fingerprint density at radius 3 is 2.36 bits per heavy atom. The Morgan fingerprint density at radius 2 is 1.88 bits per heavy atom. The molecule has 0 aliphatic heterocycles. The Morgan fingerprint density at radius 1 is 1.24 bits per heavy atom. The van der Waals surface area contributed by atoms with Crippen LogP contribution in [0.2, 0.25) is 0 Å². The summed E-state index contributed by atoms with van der Waals surface area (Å²) in [5.41, 5.74) is -0.740. The standard InChI is InChI=1S/C17H20F3N3O2/c1-3-5-10-22-15(14(11-21)16(24)25-4-2)23-13-8-6-12(7-9-13)17(18,19)20/h6-9,22-23H,3-5,10H2,1-2H3/b15-14-. The van der Waals surface area contributed by atoms with Gasteiger partial charge in [0.2, 0.25) is 0 Å². The van der Waals surface area contributed by atoms with Crippen LogP contribution in [-0.4, -0.2) is 19.1 Å². The molecule has 0 saturated carbocycles. The number of benzene rings is 1. The molecule has 8 heteroatoms. The van der Waals surface area contributed by atoms with E-state index in [1.165, 1.54) is 12.1 Å². The number of halogens is 3. The zero-order valence-electron chi connectivity index (χ0n) is 14.0. The summed E-state index contributed by atoms with van der Waals surface area (Å²) in [4.78, 5) is 11.9. The molecule has 1 aromatic rings. The lowest BCUT2D eigenvalue weighted by molar-refractivity contribution is -0.138. The maximum Gasteiger partial charge on any atom is 0.416 e. The largest absolute Gasteiger partial charge is 0.462 e. The van der Waals surface area contributed by atoms with Crippen molar-refractivity contribution in [1.29, 1.82) is 5.26 Å². The minimum absolute atomic E-state index is 0.104. The van der Waals surface area contributed by atoms with Crippen molar-refractivity contribution >= 4 is 11.7 Å². The summed E-state index contributed by atoms with van der Waals surface area (Å²) in [6.07, 6.45) is -2.75. The highest BCUT2D eigenvalue weighted by atomic mass is 19.4. The smallest absolute Gasteiger partial charge is 0.416 e. The second kappa shape index (κ2) is 9.57. The fraction of sp³-hybridized carbons (Fsp3) is 0.412.